The minimum absolute atomic E-state index is 0.149. The fourth-order valence-corrected chi connectivity index (χ4v) is 4.16. The molecule has 0 aliphatic carbocycles. The monoisotopic (exact) mass is 493 g/mol. The molecular weight excluding hydrogens is 465 g/mol. The fraction of sp³-hybridized carbons (Fsp3) is 0.308. The first-order chi connectivity index (χ1) is 17.1. The number of carbonyl (C=O) groups excluding carboxylic acids is 2. The molecular formula is C26H28FN5O4. The standard InChI is InChI=1S/C26H28FN5O4/c1-18(24(33)29-23-9-8-22(16-28-23)36-21-6-4-20(27)5-7-21)30-14-15-32(26(2,3)17-30)25(34)19-10-12-31(35)13-11-19/h4-13,16,18H,14-15,17H2,1-3H3,(H,28,29,33)/t18-/m0/s1. The maximum atomic E-state index is 13.0. The van der Waals surface area contributed by atoms with E-state index < -0.39 is 11.6 Å². The van der Waals surface area contributed by atoms with E-state index in [-0.39, 0.29) is 17.6 Å². The lowest BCUT2D eigenvalue weighted by atomic mass is 9.96. The number of hydrogen-bond acceptors (Lipinski definition) is 6. The van der Waals surface area contributed by atoms with Gasteiger partial charge in [-0.2, -0.15) is 4.73 Å². The van der Waals surface area contributed by atoms with Crippen LogP contribution in [0.3, 0.4) is 0 Å². The summed E-state index contributed by atoms with van der Waals surface area (Å²) in [7, 11) is 0. The third-order valence-electron chi connectivity index (χ3n) is 6.19. The quantitative estimate of drug-likeness (QED) is 0.418. The van der Waals surface area contributed by atoms with Crippen LogP contribution in [0.4, 0.5) is 10.2 Å². The average Bonchev–Trinajstić information content (AvgIpc) is 2.85. The van der Waals surface area contributed by atoms with Crippen molar-refractivity contribution >= 4 is 17.6 Å². The Morgan fingerprint density at radius 3 is 2.36 bits per heavy atom. The maximum Gasteiger partial charge on any atom is 0.254 e. The van der Waals surface area contributed by atoms with Gasteiger partial charge in [0.1, 0.15) is 23.1 Å². The summed E-state index contributed by atoms with van der Waals surface area (Å²) in [6.45, 7) is 7.21. The first kappa shape index (κ1) is 25.1. The Morgan fingerprint density at radius 1 is 1.08 bits per heavy atom. The van der Waals surface area contributed by atoms with Gasteiger partial charge in [-0.1, -0.05) is 0 Å². The number of benzene rings is 1. The second kappa shape index (κ2) is 10.3. The number of amides is 2. The van der Waals surface area contributed by atoms with Crippen LogP contribution < -0.4 is 14.8 Å². The molecule has 4 rings (SSSR count). The highest BCUT2D eigenvalue weighted by atomic mass is 19.1. The van der Waals surface area contributed by atoms with Crippen molar-refractivity contribution in [2.45, 2.75) is 32.4 Å². The smallest absolute Gasteiger partial charge is 0.254 e. The topological polar surface area (TPSA) is 102 Å². The van der Waals surface area contributed by atoms with Crippen molar-refractivity contribution in [3.05, 3.63) is 83.7 Å². The minimum atomic E-state index is -0.523. The Hall–Kier alpha value is -4.05. The molecule has 2 amide bonds. The van der Waals surface area contributed by atoms with Crippen LogP contribution in [-0.2, 0) is 4.79 Å². The number of hydrogen-bond donors (Lipinski definition) is 1. The van der Waals surface area contributed by atoms with E-state index >= 15 is 0 Å². The van der Waals surface area contributed by atoms with Crippen LogP contribution >= 0.6 is 0 Å². The van der Waals surface area contributed by atoms with Crippen molar-refractivity contribution in [2.75, 3.05) is 25.0 Å². The lowest BCUT2D eigenvalue weighted by Gasteiger charge is -2.48. The average molecular weight is 494 g/mol. The first-order valence-electron chi connectivity index (χ1n) is 11.6. The largest absolute Gasteiger partial charge is 0.619 e. The molecule has 0 spiro atoms. The Kier molecular flexibility index (Phi) is 7.16. The predicted octanol–water partition coefficient (Wildman–Crippen LogP) is 3.21. The van der Waals surface area contributed by atoms with Gasteiger partial charge in [-0.25, -0.2) is 9.37 Å². The molecule has 0 unspecified atom stereocenters. The van der Waals surface area contributed by atoms with Gasteiger partial charge in [0, 0.05) is 31.8 Å². The zero-order valence-electron chi connectivity index (χ0n) is 20.3. The van der Waals surface area contributed by atoms with E-state index in [1.54, 1.807) is 17.0 Å². The molecule has 1 saturated heterocycles. The first-order valence-corrected chi connectivity index (χ1v) is 11.6. The summed E-state index contributed by atoms with van der Waals surface area (Å²) in [5.74, 6) is 0.603. The van der Waals surface area contributed by atoms with Crippen molar-refractivity contribution in [3.63, 3.8) is 0 Å². The number of ether oxygens (including phenoxy) is 1. The van der Waals surface area contributed by atoms with Crippen LogP contribution in [0.15, 0.2) is 67.1 Å². The molecule has 1 aliphatic heterocycles. The summed E-state index contributed by atoms with van der Waals surface area (Å²) in [6.07, 6.45) is 4.09. The van der Waals surface area contributed by atoms with Crippen LogP contribution in [-0.4, -0.2) is 57.8 Å². The zero-order chi connectivity index (χ0) is 25.9. The van der Waals surface area contributed by atoms with Crippen molar-refractivity contribution in [1.29, 1.82) is 0 Å². The van der Waals surface area contributed by atoms with Gasteiger partial charge < -0.3 is 20.2 Å². The second-order valence-corrected chi connectivity index (χ2v) is 9.29. The van der Waals surface area contributed by atoms with Gasteiger partial charge in [0.2, 0.25) is 5.91 Å². The summed E-state index contributed by atoms with van der Waals surface area (Å²) < 4.78 is 19.3. The van der Waals surface area contributed by atoms with Crippen LogP contribution in [0.2, 0.25) is 0 Å². The maximum absolute atomic E-state index is 13.0. The Bertz CT molecular complexity index is 1220. The molecule has 9 nitrogen and oxygen atoms in total. The van der Waals surface area contributed by atoms with E-state index in [1.165, 1.54) is 55.0 Å². The van der Waals surface area contributed by atoms with E-state index in [0.717, 1.165) is 0 Å². The van der Waals surface area contributed by atoms with Crippen LogP contribution in [0, 0.1) is 11.0 Å². The number of aromatic nitrogens is 2. The lowest BCUT2D eigenvalue weighted by Crippen LogP contribution is -2.63. The molecule has 1 aliphatic rings. The SMILES string of the molecule is C[C@@H](C(=O)Nc1ccc(Oc2ccc(F)cc2)cn1)N1CCN(C(=O)c2cc[n+]([O-])cc2)C(C)(C)C1. The Balaban J connectivity index is 1.34. The number of nitrogens with one attached hydrogen (secondary N) is 1. The Labute approximate surface area is 208 Å². The van der Waals surface area contributed by atoms with Gasteiger partial charge in [-0.05, 0) is 57.2 Å². The third-order valence-corrected chi connectivity index (χ3v) is 6.19. The molecule has 1 N–H and O–H groups in total. The number of piperazine rings is 1. The highest BCUT2D eigenvalue weighted by Crippen LogP contribution is 2.25. The highest BCUT2D eigenvalue weighted by molar-refractivity contribution is 5.95. The van der Waals surface area contributed by atoms with E-state index in [9.17, 15) is 19.2 Å². The molecule has 0 bridgehead atoms. The molecule has 10 heteroatoms. The van der Waals surface area contributed by atoms with Gasteiger partial charge in [0.15, 0.2) is 12.4 Å². The van der Waals surface area contributed by atoms with Gasteiger partial charge in [0.05, 0.1) is 23.3 Å². The van der Waals surface area contributed by atoms with Gasteiger partial charge >= 0.3 is 0 Å². The molecule has 0 saturated carbocycles. The summed E-state index contributed by atoms with van der Waals surface area (Å²) in [5.41, 5.74) is -0.0718. The molecule has 1 fully saturated rings. The van der Waals surface area contributed by atoms with Gasteiger partial charge in [-0.15, -0.1) is 0 Å². The molecule has 1 aromatic carbocycles. The number of carbonyl (C=O) groups is 2. The van der Waals surface area contributed by atoms with E-state index in [4.69, 9.17) is 4.74 Å². The van der Waals surface area contributed by atoms with E-state index in [0.29, 0.717) is 47.2 Å². The summed E-state index contributed by atoms with van der Waals surface area (Å²) >= 11 is 0. The molecule has 1 atom stereocenters. The summed E-state index contributed by atoms with van der Waals surface area (Å²) in [6, 6.07) is 11.5. The highest BCUT2D eigenvalue weighted by Gasteiger charge is 2.39. The van der Waals surface area contributed by atoms with E-state index in [2.05, 4.69) is 10.3 Å². The molecule has 0 radical (unpaired) electrons. The Morgan fingerprint density at radius 2 is 1.75 bits per heavy atom. The fourth-order valence-electron chi connectivity index (χ4n) is 4.16. The molecule has 2 aromatic heterocycles. The second-order valence-electron chi connectivity index (χ2n) is 9.29. The van der Waals surface area contributed by atoms with Crippen molar-refractivity contribution < 1.29 is 23.4 Å². The lowest BCUT2D eigenvalue weighted by molar-refractivity contribution is -0.605. The van der Waals surface area contributed by atoms with Crippen LogP contribution in [0.25, 0.3) is 0 Å². The zero-order valence-corrected chi connectivity index (χ0v) is 20.3. The van der Waals surface area contributed by atoms with Crippen molar-refractivity contribution in [1.82, 2.24) is 14.8 Å². The van der Waals surface area contributed by atoms with Crippen molar-refractivity contribution in [3.8, 4) is 11.5 Å². The summed E-state index contributed by atoms with van der Waals surface area (Å²) in [5, 5.41) is 14.1. The van der Waals surface area contributed by atoms with E-state index in [1.807, 2.05) is 25.7 Å². The summed E-state index contributed by atoms with van der Waals surface area (Å²) in [4.78, 5) is 34.0. The van der Waals surface area contributed by atoms with Crippen LogP contribution in [0.1, 0.15) is 31.1 Å². The number of halogens is 1. The number of rotatable bonds is 6. The number of nitrogens with zero attached hydrogens (tertiary/aromatic N) is 4. The van der Waals surface area contributed by atoms with Crippen molar-refractivity contribution in [2.24, 2.45) is 0 Å². The number of pyridine rings is 2. The molecule has 188 valence electrons. The molecule has 36 heavy (non-hydrogen) atoms. The van der Waals surface area contributed by atoms with Crippen LogP contribution in [0.5, 0.6) is 11.5 Å². The van der Waals surface area contributed by atoms with Gasteiger partial charge in [-0.3, -0.25) is 14.5 Å². The molecule has 3 aromatic rings. The van der Waals surface area contributed by atoms with Gasteiger partial charge in [0.25, 0.3) is 5.91 Å². The molecule has 3 heterocycles. The minimum Gasteiger partial charge on any atom is -0.619 e. The number of anilines is 1. The normalized spacial score (nSPS) is 16.3. The third kappa shape index (κ3) is 5.77. The predicted molar refractivity (Wildman–Crippen MR) is 131 cm³/mol.